The Bertz CT molecular complexity index is 1150. The first-order chi connectivity index (χ1) is 16.6. The molecule has 0 aliphatic heterocycles. The number of benzene rings is 3. The van der Waals surface area contributed by atoms with E-state index in [9.17, 15) is 4.79 Å². The highest BCUT2D eigenvalue weighted by atomic mass is 127. The Morgan fingerprint density at radius 3 is 2.74 bits per heavy atom. The van der Waals surface area contributed by atoms with Crippen LogP contribution in [0, 0.1) is 3.57 Å². The number of fused-ring (bicyclic) bond motifs is 1. The Balaban J connectivity index is 1.36. The lowest BCUT2D eigenvalue weighted by Crippen LogP contribution is -2.38. The van der Waals surface area contributed by atoms with Gasteiger partial charge < -0.3 is 14.8 Å². The molecule has 1 amide bonds. The summed E-state index contributed by atoms with van der Waals surface area (Å²) in [5.74, 6) is 1.17. The van der Waals surface area contributed by atoms with Crippen LogP contribution in [0.5, 0.6) is 11.5 Å². The zero-order valence-corrected chi connectivity index (χ0v) is 21.5. The zero-order valence-electron chi connectivity index (χ0n) is 19.4. The van der Waals surface area contributed by atoms with Crippen molar-refractivity contribution in [1.29, 1.82) is 0 Å². The van der Waals surface area contributed by atoms with Crippen molar-refractivity contribution in [3.63, 3.8) is 0 Å². The lowest BCUT2D eigenvalue weighted by molar-refractivity contribution is -0.120. The monoisotopic (exact) mass is 571 g/mol. The summed E-state index contributed by atoms with van der Waals surface area (Å²) >= 11 is 2.23. The molecule has 2 N–H and O–H groups in total. The van der Waals surface area contributed by atoms with Crippen LogP contribution in [-0.2, 0) is 11.4 Å². The fraction of sp³-hybridized carbons (Fsp3) is 0.333. The Labute approximate surface area is 214 Å². The Morgan fingerprint density at radius 1 is 1.12 bits per heavy atom. The van der Waals surface area contributed by atoms with Crippen molar-refractivity contribution in [2.75, 3.05) is 13.7 Å². The second-order valence-corrected chi connectivity index (χ2v) is 9.63. The van der Waals surface area contributed by atoms with Gasteiger partial charge in [-0.15, -0.1) is 0 Å². The molecule has 0 bridgehead atoms. The van der Waals surface area contributed by atoms with E-state index < -0.39 is 0 Å². The minimum Gasteiger partial charge on any atom is -0.493 e. The van der Waals surface area contributed by atoms with Crippen LogP contribution in [0.1, 0.15) is 43.2 Å². The molecule has 0 unspecified atom stereocenters. The van der Waals surface area contributed by atoms with Gasteiger partial charge in [-0.25, -0.2) is 5.43 Å². The van der Waals surface area contributed by atoms with Gasteiger partial charge in [0.05, 0.1) is 23.4 Å². The normalized spacial score (nSPS) is 14.4. The van der Waals surface area contributed by atoms with E-state index in [1.165, 1.54) is 30.0 Å². The molecule has 6 nitrogen and oxygen atoms in total. The fourth-order valence-electron chi connectivity index (χ4n) is 4.28. The maximum Gasteiger partial charge on any atom is 0.254 e. The highest BCUT2D eigenvalue weighted by molar-refractivity contribution is 14.1. The predicted molar refractivity (Wildman–Crippen MR) is 145 cm³/mol. The van der Waals surface area contributed by atoms with E-state index in [4.69, 9.17) is 9.47 Å². The third kappa shape index (κ3) is 6.48. The van der Waals surface area contributed by atoms with Crippen LogP contribution in [0.15, 0.2) is 59.7 Å². The first-order valence-corrected chi connectivity index (χ1v) is 12.7. The summed E-state index contributed by atoms with van der Waals surface area (Å²) in [6.07, 6.45) is 7.67. The molecule has 0 heterocycles. The van der Waals surface area contributed by atoms with Gasteiger partial charge in [0.15, 0.2) is 11.5 Å². The van der Waals surface area contributed by atoms with Crippen LogP contribution in [0.3, 0.4) is 0 Å². The SMILES string of the molecule is COc1cc(/C=N\NC(=O)CNC2CCCCC2)cc(I)c1OCc1cccc2ccccc12. The molecule has 1 aliphatic rings. The molecule has 1 aliphatic carbocycles. The summed E-state index contributed by atoms with van der Waals surface area (Å²) in [4.78, 5) is 12.1. The van der Waals surface area contributed by atoms with Crippen LogP contribution in [0.2, 0.25) is 0 Å². The quantitative estimate of drug-likeness (QED) is 0.205. The van der Waals surface area contributed by atoms with Crippen molar-refractivity contribution in [2.24, 2.45) is 5.10 Å². The van der Waals surface area contributed by atoms with Gasteiger partial charge in [-0.1, -0.05) is 61.7 Å². The van der Waals surface area contributed by atoms with Gasteiger partial charge in [0.2, 0.25) is 0 Å². The van der Waals surface area contributed by atoms with Crippen molar-refractivity contribution in [3.05, 3.63) is 69.3 Å². The number of ether oxygens (including phenoxy) is 2. The van der Waals surface area contributed by atoms with Gasteiger partial charge in [0.1, 0.15) is 6.61 Å². The lowest BCUT2D eigenvalue weighted by Gasteiger charge is -2.22. The lowest BCUT2D eigenvalue weighted by atomic mass is 9.95. The van der Waals surface area contributed by atoms with Gasteiger partial charge in [0.25, 0.3) is 5.91 Å². The van der Waals surface area contributed by atoms with Gasteiger partial charge in [-0.3, -0.25) is 4.79 Å². The molecule has 7 heteroatoms. The second-order valence-electron chi connectivity index (χ2n) is 8.47. The number of methoxy groups -OCH3 is 1. The third-order valence-corrected chi connectivity index (χ3v) is 6.86. The van der Waals surface area contributed by atoms with E-state index in [2.05, 4.69) is 62.7 Å². The summed E-state index contributed by atoms with van der Waals surface area (Å²) in [6.45, 7) is 0.717. The number of nitrogens with one attached hydrogen (secondary N) is 2. The molecule has 0 radical (unpaired) electrons. The smallest absolute Gasteiger partial charge is 0.254 e. The maximum absolute atomic E-state index is 12.1. The molecule has 1 saturated carbocycles. The van der Waals surface area contributed by atoms with E-state index in [1.807, 2.05) is 30.3 Å². The molecule has 178 valence electrons. The standard InChI is InChI=1S/C27H30IN3O3/c1-33-25-15-19(16-30-31-26(32)17-29-22-11-3-2-4-12-22)14-24(28)27(25)34-18-21-10-7-9-20-8-5-6-13-23(20)21/h5-10,13-16,22,29H,2-4,11-12,17-18H2,1H3,(H,31,32)/b30-16-. The minimum atomic E-state index is -0.140. The van der Waals surface area contributed by atoms with Crippen LogP contribution >= 0.6 is 22.6 Å². The molecule has 0 spiro atoms. The van der Waals surface area contributed by atoms with E-state index in [1.54, 1.807) is 13.3 Å². The van der Waals surface area contributed by atoms with Gasteiger partial charge in [-0.2, -0.15) is 5.10 Å². The molecule has 0 atom stereocenters. The zero-order chi connectivity index (χ0) is 23.8. The summed E-state index contributed by atoms with van der Waals surface area (Å²) in [7, 11) is 1.62. The molecule has 1 fully saturated rings. The number of hydrazone groups is 1. The minimum absolute atomic E-state index is 0.140. The number of hydrogen-bond acceptors (Lipinski definition) is 5. The maximum atomic E-state index is 12.1. The average Bonchev–Trinajstić information content (AvgIpc) is 2.87. The number of carbonyl (C=O) groups excluding carboxylic acids is 1. The van der Waals surface area contributed by atoms with Crippen LogP contribution < -0.4 is 20.2 Å². The number of halogens is 1. The van der Waals surface area contributed by atoms with E-state index in [0.717, 1.165) is 27.5 Å². The molecule has 0 saturated heterocycles. The van der Waals surface area contributed by atoms with Crippen molar-refractivity contribution >= 4 is 45.5 Å². The first-order valence-electron chi connectivity index (χ1n) is 11.7. The number of carbonyl (C=O) groups is 1. The third-order valence-electron chi connectivity index (χ3n) is 6.06. The largest absolute Gasteiger partial charge is 0.493 e. The van der Waals surface area contributed by atoms with Crippen molar-refractivity contribution in [3.8, 4) is 11.5 Å². The van der Waals surface area contributed by atoms with Gasteiger partial charge >= 0.3 is 0 Å². The predicted octanol–water partition coefficient (Wildman–Crippen LogP) is 5.40. The summed E-state index contributed by atoms with van der Waals surface area (Å²) in [6, 6.07) is 18.8. The molecular formula is C27H30IN3O3. The molecular weight excluding hydrogens is 541 g/mol. The van der Waals surface area contributed by atoms with Crippen molar-refractivity contribution < 1.29 is 14.3 Å². The topological polar surface area (TPSA) is 72.0 Å². The molecule has 34 heavy (non-hydrogen) atoms. The molecule has 4 rings (SSSR count). The van der Waals surface area contributed by atoms with Crippen molar-refractivity contribution in [2.45, 2.75) is 44.8 Å². The number of hydrogen-bond donors (Lipinski definition) is 2. The fourth-order valence-corrected chi connectivity index (χ4v) is 5.07. The molecule has 3 aromatic rings. The summed E-state index contributed by atoms with van der Waals surface area (Å²) < 4.78 is 12.7. The Hall–Kier alpha value is -2.65. The van der Waals surface area contributed by atoms with Gasteiger partial charge in [0, 0.05) is 6.04 Å². The van der Waals surface area contributed by atoms with Crippen LogP contribution in [0.4, 0.5) is 0 Å². The van der Waals surface area contributed by atoms with Crippen LogP contribution in [-0.4, -0.2) is 31.8 Å². The Kier molecular flexibility index (Phi) is 8.76. The Morgan fingerprint density at radius 2 is 1.91 bits per heavy atom. The number of rotatable bonds is 9. The van der Waals surface area contributed by atoms with E-state index >= 15 is 0 Å². The summed E-state index contributed by atoms with van der Waals surface area (Å²) in [5, 5.41) is 9.80. The number of nitrogens with zero attached hydrogens (tertiary/aromatic N) is 1. The highest BCUT2D eigenvalue weighted by Gasteiger charge is 2.14. The van der Waals surface area contributed by atoms with E-state index in [-0.39, 0.29) is 12.5 Å². The summed E-state index contributed by atoms with van der Waals surface area (Å²) in [5.41, 5.74) is 4.54. The first kappa shape index (κ1) is 24.5. The molecule has 3 aromatic carbocycles. The van der Waals surface area contributed by atoms with E-state index in [0.29, 0.717) is 24.1 Å². The second kappa shape index (κ2) is 12.2. The van der Waals surface area contributed by atoms with Gasteiger partial charge in [-0.05, 0) is 69.5 Å². The highest BCUT2D eigenvalue weighted by Crippen LogP contribution is 2.34. The number of amides is 1. The average molecular weight is 571 g/mol. The van der Waals surface area contributed by atoms with Crippen LogP contribution in [0.25, 0.3) is 10.8 Å². The molecule has 0 aromatic heterocycles. The van der Waals surface area contributed by atoms with Crippen molar-refractivity contribution in [1.82, 2.24) is 10.7 Å².